The van der Waals surface area contributed by atoms with Gasteiger partial charge in [-0.05, 0) is 83.7 Å². The highest BCUT2D eigenvalue weighted by molar-refractivity contribution is 5.81. The number of ether oxygens (including phenoxy) is 1. The molecule has 0 radical (unpaired) electrons. The van der Waals surface area contributed by atoms with Gasteiger partial charge in [0.1, 0.15) is 11.6 Å². The zero-order valence-corrected chi connectivity index (χ0v) is 21.8. The number of nitrogens with zero attached hydrogens (tertiary/aromatic N) is 3. The Morgan fingerprint density at radius 2 is 1.81 bits per heavy atom. The largest absolute Gasteiger partial charge is 0.480 e. The molecule has 12 nitrogen and oxygen atoms in total. The number of alkyl carbamates (subject to hydrolysis) is 1. The van der Waals surface area contributed by atoms with E-state index in [1.54, 1.807) is 20.8 Å². The summed E-state index contributed by atoms with van der Waals surface area (Å²) in [5, 5.41) is 15.1. The average molecular weight is 515 g/mol. The van der Waals surface area contributed by atoms with Gasteiger partial charge in [-0.25, -0.2) is 19.4 Å². The van der Waals surface area contributed by atoms with E-state index in [9.17, 15) is 24.3 Å². The Kier molecular flexibility index (Phi) is 8.64. The summed E-state index contributed by atoms with van der Waals surface area (Å²) >= 11 is 0. The molecule has 0 fully saturated rings. The van der Waals surface area contributed by atoms with Crippen LogP contribution < -0.4 is 21.9 Å². The van der Waals surface area contributed by atoms with Gasteiger partial charge in [0.25, 0.3) is 5.56 Å². The number of benzene rings is 1. The second-order valence-electron chi connectivity index (χ2n) is 10.0. The average Bonchev–Trinajstić information content (AvgIpc) is 2.77. The summed E-state index contributed by atoms with van der Waals surface area (Å²) in [6, 6.07) is 2.84. The SMILES string of the molecule is Cc1cc2nc3c(=O)[nH]c(=O)nc-3n(CCNCCCC[C@H](NC(=O)OC(C)(C)C)C(=O)O)c2cc1C. The van der Waals surface area contributed by atoms with Gasteiger partial charge in [-0.15, -0.1) is 0 Å². The van der Waals surface area contributed by atoms with Crippen molar-refractivity contribution in [1.82, 2.24) is 30.2 Å². The van der Waals surface area contributed by atoms with E-state index in [0.29, 0.717) is 38.0 Å². The third-order valence-electron chi connectivity index (χ3n) is 5.82. The van der Waals surface area contributed by atoms with Gasteiger partial charge < -0.3 is 25.0 Å². The van der Waals surface area contributed by atoms with Gasteiger partial charge in [-0.3, -0.25) is 9.78 Å². The third kappa shape index (κ3) is 7.35. The highest BCUT2D eigenvalue weighted by Crippen LogP contribution is 2.23. The summed E-state index contributed by atoms with van der Waals surface area (Å²) in [6.45, 7) is 10.6. The molecule has 0 saturated heterocycles. The molecule has 1 amide bonds. The standard InChI is InChI=1S/C25H34N6O6/c1-14-12-17-18(13-15(14)2)31(20-19(27-17)21(32)30-23(35)29-20)11-10-26-9-7-6-8-16(22(33)34)28-24(36)37-25(3,4)5/h12-13,16,26H,6-11H2,1-5H3,(H,28,36)(H,33,34)(H,30,32,35)/t16-/m0/s1. The van der Waals surface area contributed by atoms with Crippen LogP contribution >= 0.6 is 0 Å². The van der Waals surface area contributed by atoms with Gasteiger partial charge in [-0.2, -0.15) is 4.98 Å². The van der Waals surface area contributed by atoms with Crippen LogP contribution in [0.1, 0.15) is 51.2 Å². The normalized spacial score (nSPS) is 12.6. The van der Waals surface area contributed by atoms with Crippen LogP contribution in [0.4, 0.5) is 4.79 Å². The van der Waals surface area contributed by atoms with Crippen LogP contribution in [-0.4, -0.2) is 61.4 Å². The van der Waals surface area contributed by atoms with Crippen LogP contribution in [0.3, 0.4) is 0 Å². The lowest BCUT2D eigenvalue weighted by molar-refractivity contribution is -0.139. The highest BCUT2D eigenvalue weighted by atomic mass is 16.6. The van der Waals surface area contributed by atoms with E-state index in [1.807, 2.05) is 30.5 Å². The Morgan fingerprint density at radius 1 is 1.11 bits per heavy atom. The van der Waals surface area contributed by atoms with Crippen molar-refractivity contribution in [2.45, 2.75) is 72.1 Å². The monoisotopic (exact) mass is 514 g/mol. The first kappa shape index (κ1) is 27.8. The molecule has 2 heterocycles. The predicted molar refractivity (Wildman–Crippen MR) is 138 cm³/mol. The molecule has 2 aliphatic heterocycles. The lowest BCUT2D eigenvalue weighted by atomic mass is 10.1. The summed E-state index contributed by atoms with van der Waals surface area (Å²) in [5.41, 5.74) is 1.59. The molecule has 12 heteroatoms. The van der Waals surface area contributed by atoms with Gasteiger partial charge in [-0.1, -0.05) is 0 Å². The number of carboxylic acids is 1. The maximum atomic E-state index is 12.4. The number of hydrogen-bond acceptors (Lipinski definition) is 8. The van der Waals surface area contributed by atoms with E-state index < -0.39 is 35.0 Å². The Balaban J connectivity index is 1.60. The number of carbonyl (C=O) groups excluding carboxylic acids is 1. The lowest BCUT2D eigenvalue weighted by Crippen LogP contribution is -2.43. The van der Waals surface area contributed by atoms with E-state index in [1.165, 1.54) is 0 Å². The molecule has 0 spiro atoms. The number of nitrogens with one attached hydrogen (secondary N) is 3. The van der Waals surface area contributed by atoms with E-state index in [4.69, 9.17) is 4.74 Å². The van der Waals surface area contributed by atoms with Crippen molar-refractivity contribution in [3.63, 3.8) is 0 Å². The Hall–Kier alpha value is -3.80. The van der Waals surface area contributed by atoms with Crippen LogP contribution in [0.2, 0.25) is 0 Å². The fourth-order valence-corrected chi connectivity index (χ4v) is 3.90. The van der Waals surface area contributed by atoms with Crippen LogP contribution in [0.15, 0.2) is 21.7 Å². The van der Waals surface area contributed by atoms with E-state index in [0.717, 1.165) is 16.6 Å². The van der Waals surface area contributed by atoms with Crippen molar-refractivity contribution >= 4 is 23.1 Å². The molecule has 0 aliphatic carbocycles. The molecule has 200 valence electrons. The van der Waals surface area contributed by atoms with Crippen molar-refractivity contribution in [3.8, 4) is 11.5 Å². The lowest BCUT2D eigenvalue weighted by Gasteiger charge is -2.22. The zero-order valence-electron chi connectivity index (χ0n) is 21.8. The number of amides is 1. The third-order valence-corrected chi connectivity index (χ3v) is 5.82. The maximum absolute atomic E-state index is 12.4. The summed E-state index contributed by atoms with van der Waals surface area (Å²) in [5.74, 6) is -0.888. The summed E-state index contributed by atoms with van der Waals surface area (Å²) in [4.78, 5) is 58.3. The highest BCUT2D eigenvalue weighted by Gasteiger charge is 2.23. The fraction of sp³-hybridized carbons (Fsp3) is 0.520. The molecule has 0 aromatic heterocycles. The van der Waals surface area contributed by atoms with Gasteiger partial charge in [0.15, 0.2) is 11.5 Å². The topological polar surface area (TPSA) is 168 Å². The predicted octanol–water partition coefficient (Wildman–Crippen LogP) is 1.94. The minimum atomic E-state index is -1.11. The molecule has 2 aliphatic rings. The van der Waals surface area contributed by atoms with Crippen molar-refractivity contribution in [1.29, 1.82) is 0 Å². The number of aromatic nitrogens is 4. The van der Waals surface area contributed by atoms with E-state index >= 15 is 0 Å². The van der Waals surface area contributed by atoms with Gasteiger partial charge >= 0.3 is 17.8 Å². The number of fused-ring (bicyclic) bond motifs is 2. The molecule has 1 aromatic rings. The fourth-order valence-electron chi connectivity index (χ4n) is 3.90. The number of rotatable bonds is 10. The molecule has 1 aromatic carbocycles. The summed E-state index contributed by atoms with van der Waals surface area (Å²) in [7, 11) is 0. The van der Waals surface area contributed by atoms with Crippen LogP contribution in [0, 0.1) is 13.8 Å². The number of unbranched alkanes of at least 4 members (excludes halogenated alkanes) is 1. The second kappa shape index (κ2) is 11.5. The Bertz CT molecular complexity index is 1370. The first-order valence-corrected chi connectivity index (χ1v) is 12.2. The zero-order chi connectivity index (χ0) is 27.3. The molecular formula is C25H34N6O6. The second-order valence-corrected chi connectivity index (χ2v) is 10.0. The van der Waals surface area contributed by atoms with Crippen molar-refractivity contribution in [3.05, 3.63) is 44.1 Å². The summed E-state index contributed by atoms with van der Waals surface area (Å²) in [6.07, 6.45) is 0.764. The molecule has 37 heavy (non-hydrogen) atoms. The Morgan fingerprint density at radius 3 is 2.49 bits per heavy atom. The summed E-state index contributed by atoms with van der Waals surface area (Å²) < 4.78 is 6.95. The van der Waals surface area contributed by atoms with Crippen molar-refractivity contribution < 1.29 is 19.4 Å². The molecule has 1 atom stereocenters. The van der Waals surface area contributed by atoms with E-state index in [2.05, 4.69) is 25.6 Å². The number of aliphatic carboxylic acids is 1. The van der Waals surface area contributed by atoms with Crippen LogP contribution in [0.5, 0.6) is 0 Å². The Labute approximate surface area is 213 Å². The minimum absolute atomic E-state index is 0.104. The quantitative estimate of drug-likeness (QED) is 0.233. The van der Waals surface area contributed by atoms with Crippen molar-refractivity contribution in [2.24, 2.45) is 0 Å². The van der Waals surface area contributed by atoms with Crippen LogP contribution in [0.25, 0.3) is 22.6 Å². The number of hydrogen-bond donors (Lipinski definition) is 4. The van der Waals surface area contributed by atoms with Gasteiger partial charge in [0, 0.05) is 13.1 Å². The first-order chi connectivity index (χ1) is 17.4. The molecule has 0 unspecified atom stereocenters. The molecule has 0 saturated carbocycles. The van der Waals surface area contributed by atoms with E-state index in [-0.39, 0.29) is 17.9 Å². The number of aromatic amines is 1. The number of carbonyl (C=O) groups is 2. The number of H-pyrrole nitrogens is 1. The van der Waals surface area contributed by atoms with Gasteiger partial charge in [0.05, 0.1) is 11.0 Å². The maximum Gasteiger partial charge on any atom is 0.408 e. The minimum Gasteiger partial charge on any atom is -0.480 e. The molecule has 4 N–H and O–H groups in total. The smallest absolute Gasteiger partial charge is 0.408 e. The molecule has 0 bridgehead atoms. The first-order valence-electron chi connectivity index (χ1n) is 12.2. The molecular weight excluding hydrogens is 480 g/mol. The van der Waals surface area contributed by atoms with Crippen LogP contribution in [-0.2, 0) is 16.1 Å². The number of aryl methyl sites for hydroxylation is 2. The number of carboxylic acid groups (broad SMARTS) is 1. The molecule has 3 rings (SSSR count). The van der Waals surface area contributed by atoms with Gasteiger partial charge in [0.2, 0.25) is 0 Å². The van der Waals surface area contributed by atoms with Crippen molar-refractivity contribution in [2.75, 3.05) is 13.1 Å².